The molecule has 0 aliphatic heterocycles. The van der Waals surface area contributed by atoms with Gasteiger partial charge in [0, 0.05) is 17.8 Å². The van der Waals surface area contributed by atoms with E-state index in [0.717, 1.165) is 0 Å². The Morgan fingerprint density at radius 1 is 1.00 bits per heavy atom. The van der Waals surface area contributed by atoms with Gasteiger partial charge in [-0.05, 0) is 26.7 Å². The Morgan fingerprint density at radius 3 is 1.67 bits per heavy atom. The highest BCUT2D eigenvalue weighted by atomic mass is 31.2. The molecule has 192 valence electrons. The van der Waals surface area contributed by atoms with E-state index in [-0.39, 0.29) is 11.6 Å². The van der Waals surface area contributed by atoms with Gasteiger partial charge in [-0.3, -0.25) is 14.3 Å². The summed E-state index contributed by atoms with van der Waals surface area (Å²) in [7, 11) is -13.9. The fraction of sp³-hybridized carbons (Fsp3) is 0.538. The lowest BCUT2D eigenvalue weighted by molar-refractivity contribution is 0.104. The standard InChI is InChI=1S/C13H16N2O3.3H3O4P/c1-4-13(3)6-9(5-10(13)16)15-7-8(2)11(17)14-12(15)18;3*1-5(2,3)4/h1,7,9-10,16H,5-6H2,2-3H3,(H,14,17,18);3*(H3,1,2,3,4)/t9-,10-,13+;;;/m1.../s1. The second kappa shape index (κ2) is 12.8. The number of aliphatic hydroxyl groups is 1. The van der Waals surface area contributed by atoms with Gasteiger partial charge in [0.1, 0.15) is 0 Å². The van der Waals surface area contributed by atoms with Crippen LogP contribution in [0.15, 0.2) is 15.8 Å². The van der Waals surface area contributed by atoms with Gasteiger partial charge in [0.15, 0.2) is 0 Å². The molecule has 3 atom stereocenters. The third-order valence-electron chi connectivity index (χ3n) is 3.76. The van der Waals surface area contributed by atoms with Crippen molar-refractivity contribution >= 4 is 23.5 Å². The van der Waals surface area contributed by atoms with Crippen LogP contribution in [0, 0.1) is 24.7 Å². The summed E-state index contributed by atoms with van der Waals surface area (Å²) < 4.78 is 28.1. The number of nitrogens with one attached hydrogen (secondary N) is 1. The van der Waals surface area contributed by atoms with Crippen LogP contribution in [0.5, 0.6) is 0 Å². The number of H-pyrrole nitrogens is 1. The van der Waals surface area contributed by atoms with Crippen LogP contribution in [0.3, 0.4) is 0 Å². The van der Waals surface area contributed by atoms with Crippen molar-refractivity contribution in [3.8, 4) is 12.3 Å². The smallest absolute Gasteiger partial charge is 0.391 e. The number of phosphoric acid groups is 3. The maximum atomic E-state index is 11.8. The SMILES string of the molecule is C#C[C@@]1(C)C[C@H](n2cc(C)c(=O)[nH]c2=O)C[C@H]1O.O=P(O)(O)O.O=P(O)(O)O.O=P(O)(O)O. The Kier molecular flexibility index (Phi) is 13.1. The van der Waals surface area contributed by atoms with E-state index in [9.17, 15) is 14.7 Å². The molecule has 20 heteroatoms. The average molecular weight is 542 g/mol. The van der Waals surface area contributed by atoms with Gasteiger partial charge in [-0.2, -0.15) is 0 Å². The highest BCUT2D eigenvalue weighted by molar-refractivity contribution is 7.45. The first kappa shape index (κ1) is 33.7. The minimum absolute atomic E-state index is 0.177. The molecule has 0 saturated heterocycles. The number of hydrogen-bond donors (Lipinski definition) is 11. The van der Waals surface area contributed by atoms with Crippen LogP contribution in [0.1, 0.15) is 31.4 Å². The molecular weight excluding hydrogens is 517 g/mol. The van der Waals surface area contributed by atoms with Crippen LogP contribution < -0.4 is 11.2 Å². The van der Waals surface area contributed by atoms with E-state index in [0.29, 0.717) is 18.4 Å². The van der Waals surface area contributed by atoms with Crippen LogP contribution >= 0.6 is 23.5 Å². The first-order valence-electron chi connectivity index (χ1n) is 8.20. The first-order chi connectivity index (χ1) is 14.4. The van der Waals surface area contributed by atoms with Crippen LogP contribution in [0.25, 0.3) is 0 Å². The summed E-state index contributed by atoms with van der Waals surface area (Å²) in [5.41, 5.74) is -0.981. The minimum atomic E-state index is -4.64. The lowest BCUT2D eigenvalue weighted by Crippen LogP contribution is -2.32. The third kappa shape index (κ3) is 18.6. The molecule has 17 nitrogen and oxygen atoms in total. The van der Waals surface area contributed by atoms with Crippen molar-refractivity contribution in [3.63, 3.8) is 0 Å². The Hall–Kier alpha value is -1.47. The van der Waals surface area contributed by atoms with Gasteiger partial charge >= 0.3 is 29.2 Å². The van der Waals surface area contributed by atoms with Crippen molar-refractivity contribution in [2.75, 3.05) is 0 Å². The van der Waals surface area contributed by atoms with Crippen molar-refractivity contribution in [1.29, 1.82) is 0 Å². The van der Waals surface area contributed by atoms with Crippen molar-refractivity contribution in [2.45, 2.75) is 38.8 Å². The van der Waals surface area contributed by atoms with E-state index in [2.05, 4.69) is 10.9 Å². The summed E-state index contributed by atoms with van der Waals surface area (Å²) in [6.45, 7) is 3.45. The number of aryl methyl sites for hydroxylation is 1. The lowest BCUT2D eigenvalue weighted by atomic mass is 9.88. The molecule has 0 unspecified atom stereocenters. The van der Waals surface area contributed by atoms with Gasteiger partial charge in [0.25, 0.3) is 5.56 Å². The fourth-order valence-corrected chi connectivity index (χ4v) is 2.45. The molecule has 0 amide bonds. The zero-order chi connectivity index (χ0) is 27.0. The van der Waals surface area contributed by atoms with Crippen LogP contribution in [-0.4, -0.2) is 64.8 Å². The zero-order valence-electron chi connectivity index (χ0n) is 17.0. The maximum absolute atomic E-state index is 11.8. The van der Waals surface area contributed by atoms with Crippen LogP contribution in [0.4, 0.5) is 0 Å². The normalized spacial score (nSPS) is 22.4. The highest BCUT2D eigenvalue weighted by Crippen LogP contribution is 2.43. The Labute approximate surface area is 185 Å². The Morgan fingerprint density at radius 2 is 1.36 bits per heavy atom. The van der Waals surface area contributed by atoms with E-state index in [1.54, 1.807) is 13.8 Å². The fourth-order valence-electron chi connectivity index (χ4n) is 2.45. The molecule has 1 aromatic heterocycles. The molecule has 1 aliphatic carbocycles. The molecule has 11 N–H and O–H groups in total. The van der Waals surface area contributed by atoms with E-state index < -0.39 is 40.7 Å². The number of terminal acetylenes is 1. The predicted octanol–water partition coefficient (Wildman–Crippen LogP) is -2.61. The van der Waals surface area contributed by atoms with Gasteiger partial charge in [-0.15, -0.1) is 6.42 Å². The quantitative estimate of drug-likeness (QED) is 0.128. The molecule has 0 radical (unpaired) electrons. The summed E-state index contributed by atoms with van der Waals surface area (Å²) >= 11 is 0. The second-order valence-electron chi connectivity index (χ2n) is 6.69. The van der Waals surface area contributed by atoms with Gasteiger partial charge < -0.3 is 49.1 Å². The predicted molar refractivity (Wildman–Crippen MR) is 110 cm³/mol. The number of aromatic amines is 1. The molecule has 1 aromatic rings. The molecule has 1 saturated carbocycles. The number of rotatable bonds is 1. The number of nitrogens with zero attached hydrogens (tertiary/aromatic N) is 1. The van der Waals surface area contributed by atoms with Gasteiger partial charge in [-0.1, -0.05) is 5.92 Å². The molecule has 2 rings (SSSR count). The molecule has 1 fully saturated rings. The van der Waals surface area contributed by atoms with Gasteiger partial charge in [-0.25, -0.2) is 18.5 Å². The van der Waals surface area contributed by atoms with Crippen molar-refractivity contribution in [2.24, 2.45) is 5.41 Å². The van der Waals surface area contributed by atoms with Crippen molar-refractivity contribution in [1.82, 2.24) is 9.55 Å². The van der Waals surface area contributed by atoms with E-state index >= 15 is 0 Å². The summed E-state index contributed by atoms with van der Waals surface area (Å²) in [4.78, 5) is 90.0. The molecule has 0 spiro atoms. The maximum Gasteiger partial charge on any atom is 0.466 e. The van der Waals surface area contributed by atoms with E-state index in [1.165, 1.54) is 10.8 Å². The minimum Gasteiger partial charge on any atom is -0.391 e. The first-order valence-corrected chi connectivity index (χ1v) is 12.9. The number of hydrogen-bond acceptors (Lipinski definition) is 6. The second-order valence-corrected chi connectivity index (χ2v) is 9.77. The highest BCUT2D eigenvalue weighted by Gasteiger charge is 2.42. The summed E-state index contributed by atoms with van der Waals surface area (Å²) in [5.74, 6) is 2.60. The van der Waals surface area contributed by atoms with Crippen LogP contribution in [0.2, 0.25) is 0 Å². The lowest BCUT2D eigenvalue weighted by Gasteiger charge is -2.20. The number of aliphatic hydroxyl groups excluding tert-OH is 1. The molecule has 1 heterocycles. The summed E-state index contributed by atoms with van der Waals surface area (Å²) in [6.07, 6.45) is 7.28. The van der Waals surface area contributed by atoms with Crippen molar-refractivity contribution in [3.05, 3.63) is 32.6 Å². The van der Waals surface area contributed by atoms with Gasteiger partial charge in [0.05, 0.1) is 11.5 Å². The molecule has 33 heavy (non-hydrogen) atoms. The molecule has 0 aromatic carbocycles. The van der Waals surface area contributed by atoms with Crippen molar-refractivity contribution < 1.29 is 62.8 Å². The largest absolute Gasteiger partial charge is 0.466 e. The Balaban J connectivity index is 0. The monoisotopic (exact) mass is 542 g/mol. The number of aromatic nitrogens is 2. The van der Waals surface area contributed by atoms with E-state index in [1.807, 2.05) is 0 Å². The molecule has 1 aliphatic rings. The van der Waals surface area contributed by atoms with Gasteiger partial charge in [0.2, 0.25) is 0 Å². The molecular formula is C13H25N2O15P3. The summed E-state index contributed by atoms with van der Waals surface area (Å²) in [5, 5.41) is 9.96. The average Bonchev–Trinajstić information content (AvgIpc) is 2.82. The zero-order valence-corrected chi connectivity index (χ0v) is 19.7. The topological polar surface area (TPSA) is 308 Å². The van der Waals surface area contributed by atoms with E-state index in [4.69, 9.17) is 64.2 Å². The van der Waals surface area contributed by atoms with Crippen LogP contribution in [-0.2, 0) is 13.7 Å². The summed E-state index contributed by atoms with van der Waals surface area (Å²) in [6, 6.07) is -0.177. The Bertz CT molecular complexity index is 1000. The third-order valence-corrected chi connectivity index (χ3v) is 3.76. The molecule has 0 bridgehead atoms.